The van der Waals surface area contributed by atoms with Crippen molar-refractivity contribution in [3.05, 3.63) is 35.9 Å². The predicted molar refractivity (Wildman–Crippen MR) is 112 cm³/mol. The second kappa shape index (κ2) is 8.04. The summed E-state index contributed by atoms with van der Waals surface area (Å²) in [7, 11) is 2.20. The molecule has 28 heavy (non-hydrogen) atoms. The van der Waals surface area contributed by atoms with Gasteiger partial charge in [0.2, 0.25) is 0 Å². The lowest BCUT2D eigenvalue weighted by Crippen LogP contribution is -2.55. The van der Waals surface area contributed by atoms with E-state index in [0.717, 1.165) is 56.0 Å². The van der Waals surface area contributed by atoms with Gasteiger partial charge >= 0.3 is 0 Å². The van der Waals surface area contributed by atoms with E-state index in [9.17, 15) is 5.26 Å². The van der Waals surface area contributed by atoms with Crippen molar-refractivity contribution in [3.63, 3.8) is 0 Å². The lowest BCUT2D eigenvalue weighted by Gasteiger charge is -2.42. The Kier molecular flexibility index (Phi) is 5.49. The lowest BCUT2D eigenvalue weighted by atomic mass is 10.1. The molecular formula is C22H29N5O. The summed E-state index contributed by atoms with van der Waals surface area (Å²) in [5, 5.41) is 10.4. The molecule has 0 amide bonds. The molecule has 0 saturated carbocycles. The number of aromatic nitrogens is 1. The van der Waals surface area contributed by atoms with Crippen LogP contribution in [0.15, 0.2) is 30.3 Å². The van der Waals surface area contributed by atoms with Crippen LogP contribution in [0.4, 0.5) is 5.82 Å². The van der Waals surface area contributed by atoms with Crippen LogP contribution >= 0.6 is 0 Å². The third-order valence-corrected chi connectivity index (χ3v) is 5.98. The fraction of sp³-hybridized carbons (Fsp3) is 0.545. The zero-order valence-electron chi connectivity index (χ0n) is 17.0. The number of hydrogen-bond acceptors (Lipinski definition) is 6. The minimum absolute atomic E-state index is 0.160. The molecule has 4 rings (SSSR count). The van der Waals surface area contributed by atoms with Crippen LogP contribution in [0.3, 0.4) is 0 Å². The van der Waals surface area contributed by atoms with Gasteiger partial charge in [-0.05, 0) is 39.1 Å². The fourth-order valence-electron chi connectivity index (χ4n) is 4.31. The van der Waals surface area contributed by atoms with Gasteiger partial charge in [0.25, 0.3) is 0 Å². The van der Waals surface area contributed by atoms with Gasteiger partial charge in [-0.2, -0.15) is 5.26 Å². The van der Waals surface area contributed by atoms with E-state index in [1.54, 1.807) is 0 Å². The van der Waals surface area contributed by atoms with E-state index in [1.807, 2.05) is 18.2 Å². The number of piperazine rings is 1. The molecule has 6 heteroatoms. The Labute approximate surface area is 167 Å². The Morgan fingerprint density at radius 3 is 2.79 bits per heavy atom. The van der Waals surface area contributed by atoms with Crippen molar-refractivity contribution in [2.75, 3.05) is 51.2 Å². The van der Waals surface area contributed by atoms with Gasteiger partial charge in [-0.15, -0.1) is 0 Å². The largest absolute Gasteiger partial charge is 0.370 e. The van der Waals surface area contributed by atoms with Gasteiger partial charge in [-0.25, -0.2) is 4.98 Å². The molecule has 3 atom stereocenters. The first kappa shape index (κ1) is 19.1. The molecule has 2 saturated heterocycles. The number of pyridine rings is 1. The molecule has 6 nitrogen and oxygen atoms in total. The van der Waals surface area contributed by atoms with Crippen LogP contribution in [0, 0.1) is 11.3 Å². The van der Waals surface area contributed by atoms with Crippen LogP contribution in [0.5, 0.6) is 0 Å². The van der Waals surface area contributed by atoms with Crippen LogP contribution in [-0.4, -0.2) is 79.3 Å². The molecule has 0 N–H and O–H groups in total. The van der Waals surface area contributed by atoms with Gasteiger partial charge in [0.05, 0.1) is 23.3 Å². The maximum absolute atomic E-state index is 9.41. The third-order valence-electron chi connectivity index (χ3n) is 5.98. The summed E-state index contributed by atoms with van der Waals surface area (Å²) in [6.45, 7) is 10.3. The molecular weight excluding hydrogens is 350 g/mol. The number of fused-ring (bicyclic) bond motifs is 1. The van der Waals surface area contributed by atoms with Gasteiger partial charge < -0.3 is 14.5 Å². The van der Waals surface area contributed by atoms with E-state index in [-0.39, 0.29) is 12.2 Å². The fourth-order valence-corrected chi connectivity index (χ4v) is 4.31. The second-order valence-corrected chi connectivity index (χ2v) is 8.22. The van der Waals surface area contributed by atoms with Crippen molar-refractivity contribution in [1.82, 2.24) is 14.8 Å². The molecule has 0 spiro atoms. The average molecular weight is 380 g/mol. The van der Waals surface area contributed by atoms with Crippen molar-refractivity contribution < 1.29 is 4.74 Å². The molecule has 148 valence electrons. The van der Waals surface area contributed by atoms with E-state index >= 15 is 0 Å². The first-order valence-electron chi connectivity index (χ1n) is 10.2. The average Bonchev–Trinajstić information content (AvgIpc) is 2.69. The van der Waals surface area contributed by atoms with Crippen LogP contribution < -0.4 is 4.90 Å². The summed E-state index contributed by atoms with van der Waals surface area (Å²) < 4.78 is 6.26. The summed E-state index contributed by atoms with van der Waals surface area (Å²) in [6, 6.07) is 12.7. The molecule has 1 aromatic heterocycles. The smallest absolute Gasteiger partial charge is 0.129 e. The lowest BCUT2D eigenvalue weighted by molar-refractivity contribution is -0.0409. The highest BCUT2D eigenvalue weighted by Crippen LogP contribution is 2.24. The van der Waals surface area contributed by atoms with Crippen molar-refractivity contribution >= 4 is 16.7 Å². The quantitative estimate of drug-likeness (QED) is 0.816. The molecule has 2 aliphatic rings. The Balaban J connectivity index is 1.50. The normalized spacial score (nSPS) is 27.1. The summed E-state index contributed by atoms with van der Waals surface area (Å²) in [6.07, 6.45) is 0.329. The van der Waals surface area contributed by atoms with Crippen molar-refractivity contribution in [2.24, 2.45) is 0 Å². The summed E-state index contributed by atoms with van der Waals surface area (Å²) in [4.78, 5) is 12.1. The number of ether oxygens (including phenoxy) is 1. The number of nitriles is 1. The van der Waals surface area contributed by atoms with E-state index in [4.69, 9.17) is 9.72 Å². The molecule has 0 radical (unpaired) electrons. The SMILES string of the molecule is CC1CN(c2ccc3cccc(C#N)c3n2)CC(CN2CCN(C)C(C)C2)O1. The highest BCUT2D eigenvalue weighted by Gasteiger charge is 2.30. The molecule has 3 heterocycles. The number of nitrogens with zero attached hydrogens (tertiary/aromatic N) is 5. The molecule has 0 aliphatic carbocycles. The number of hydrogen-bond donors (Lipinski definition) is 0. The Morgan fingerprint density at radius 1 is 1.14 bits per heavy atom. The monoisotopic (exact) mass is 379 g/mol. The first-order valence-corrected chi connectivity index (χ1v) is 10.2. The van der Waals surface area contributed by atoms with Gasteiger partial charge in [0.15, 0.2) is 0 Å². The molecule has 1 aromatic carbocycles. The number of morpholine rings is 1. The van der Waals surface area contributed by atoms with Gasteiger partial charge in [-0.1, -0.05) is 12.1 Å². The topological polar surface area (TPSA) is 55.6 Å². The number of rotatable bonds is 3. The van der Waals surface area contributed by atoms with E-state index < -0.39 is 0 Å². The van der Waals surface area contributed by atoms with E-state index in [2.05, 4.69) is 53.8 Å². The standard InChI is InChI=1S/C22H29N5O/c1-16-12-26(10-9-25(16)3)14-20-15-27(13-17(2)28-20)21-8-7-18-5-4-6-19(11-23)22(18)24-21/h4-8,16-17,20H,9-10,12-15H2,1-3H3. The van der Waals surface area contributed by atoms with Gasteiger partial charge in [0, 0.05) is 50.7 Å². The Bertz CT molecular complexity index is 879. The minimum Gasteiger partial charge on any atom is -0.370 e. The minimum atomic E-state index is 0.160. The number of para-hydroxylation sites is 1. The number of anilines is 1. The van der Waals surface area contributed by atoms with Crippen molar-refractivity contribution in [3.8, 4) is 6.07 Å². The van der Waals surface area contributed by atoms with Gasteiger partial charge in [-0.3, -0.25) is 4.90 Å². The number of likely N-dealkylation sites (N-methyl/N-ethyl adjacent to an activating group) is 1. The molecule has 0 bridgehead atoms. The summed E-state index contributed by atoms with van der Waals surface area (Å²) in [5.74, 6) is 0.932. The van der Waals surface area contributed by atoms with E-state index in [1.165, 1.54) is 0 Å². The zero-order chi connectivity index (χ0) is 19.7. The van der Waals surface area contributed by atoms with Crippen LogP contribution in [0.1, 0.15) is 19.4 Å². The van der Waals surface area contributed by atoms with Crippen molar-refractivity contribution in [2.45, 2.75) is 32.1 Å². The van der Waals surface area contributed by atoms with Crippen LogP contribution in [0.2, 0.25) is 0 Å². The molecule has 2 aliphatic heterocycles. The maximum Gasteiger partial charge on any atom is 0.129 e. The van der Waals surface area contributed by atoms with Crippen LogP contribution in [-0.2, 0) is 4.74 Å². The highest BCUT2D eigenvalue weighted by molar-refractivity contribution is 5.85. The maximum atomic E-state index is 9.41. The Morgan fingerprint density at radius 2 is 2.00 bits per heavy atom. The highest BCUT2D eigenvalue weighted by atomic mass is 16.5. The van der Waals surface area contributed by atoms with Crippen LogP contribution in [0.25, 0.3) is 10.9 Å². The zero-order valence-corrected chi connectivity index (χ0v) is 17.0. The summed E-state index contributed by atoms with van der Waals surface area (Å²) >= 11 is 0. The summed E-state index contributed by atoms with van der Waals surface area (Å²) in [5.41, 5.74) is 1.41. The Hall–Kier alpha value is -2.20. The molecule has 2 fully saturated rings. The number of benzene rings is 1. The molecule has 2 aromatic rings. The molecule has 3 unspecified atom stereocenters. The second-order valence-electron chi connectivity index (χ2n) is 8.22. The van der Waals surface area contributed by atoms with Gasteiger partial charge in [0.1, 0.15) is 11.9 Å². The predicted octanol–water partition coefficient (Wildman–Crippen LogP) is 2.34. The first-order chi connectivity index (χ1) is 13.5. The third kappa shape index (κ3) is 3.97. The van der Waals surface area contributed by atoms with Crippen molar-refractivity contribution in [1.29, 1.82) is 5.26 Å². The van der Waals surface area contributed by atoms with E-state index in [0.29, 0.717) is 11.6 Å².